The average molecular weight is 379 g/mol. The summed E-state index contributed by atoms with van der Waals surface area (Å²) in [5, 5.41) is 0. The van der Waals surface area contributed by atoms with Crippen LogP contribution in [-0.2, 0) is 42.2 Å². The van der Waals surface area contributed by atoms with Crippen LogP contribution in [0.25, 0.3) is 0 Å². The molecule has 136 valence electrons. The van der Waals surface area contributed by atoms with Gasteiger partial charge in [0.05, 0.1) is 11.4 Å². The minimum atomic E-state index is 0. The van der Waals surface area contributed by atoms with Crippen LogP contribution in [0.5, 0.6) is 0 Å². The van der Waals surface area contributed by atoms with Gasteiger partial charge in [0.25, 0.3) is 0 Å². The quantitative estimate of drug-likeness (QED) is 0.414. The van der Waals surface area contributed by atoms with Crippen molar-refractivity contribution in [2.24, 2.45) is 9.98 Å². The number of hydrogen-bond donors (Lipinski definition) is 0. The summed E-state index contributed by atoms with van der Waals surface area (Å²) < 4.78 is 0. The van der Waals surface area contributed by atoms with E-state index in [9.17, 15) is 0 Å². The first-order valence-electron chi connectivity index (χ1n) is 9.02. The maximum atomic E-state index is 4.51. The van der Waals surface area contributed by atoms with E-state index in [4.69, 9.17) is 0 Å². The van der Waals surface area contributed by atoms with Crippen LogP contribution < -0.4 is 0 Å². The number of aliphatic imine (C=N–C) groups is 2. The molecule has 0 aromatic heterocycles. The molecule has 0 fully saturated rings. The van der Waals surface area contributed by atoms with E-state index in [1.165, 1.54) is 22.3 Å². The van der Waals surface area contributed by atoms with Crippen LogP contribution in [0.2, 0.25) is 0 Å². The monoisotopic (exact) mass is 378 g/mol. The number of rotatable bonds is 7. The first kappa shape index (κ1) is 21.3. The first-order valence-corrected chi connectivity index (χ1v) is 9.02. The predicted octanol–water partition coefficient (Wildman–Crippen LogP) is 6.04. The second-order valence-corrected chi connectivity index (χ2v) is 5.88. The molecule has 0 aliphatic rings. The van der Waals surface area contributed by atoms with Crippen LogP contribution in [0.15, 0.2) is 46.4 Å². The van der Waals surface area contributed by atoms with Crippen molar-refractivity contribution in [3.05, 3.63) is 58.7 Å². The zero-order valence-corrected chi connectivity index (χ0v) is 16.6. The van der Waals surface area contributed by atoms with Crippen molar-refractivity contribution in [2.45, 2.75) is 53.4 Å². The standard InChI is InChI=1S/C22H28N2.Ni/c1-5-17-9-11-21(15-19(17)7-3)23-13-14-24-22-12-10-18(6-2)20(8-4)16-22;/h9-16H,5-8H2,1-4H3;. The largest absolute Gasteiger partial charge is 0.255 e. The molecule has 3 heteroatoms. The fourth-order valence-corrected chi connectivity index (χ4v) is 2.97. The molecule has 2 aromatic carbocycles. The summed E-state index contributed by atoms with van der Waals surface area (Å²) in [6, 6.07) is 12.9. The molecule has 0 saturated heterocycles. The summed E-state index contributed by atoms with van der Waals surface area (Å²) in [5.41, 5.74) is 7.57. The Balaban J connectivity index is 0.00000312. The fourth-order valence-electron chi connectivity index (χ4n) is 2.97. The average Bonchev–Trinajstić information content (AvgIpc) is 2.64. The Morgan fingerprint density at radius 3 is 1.28 bits per heavy atom. The van der Waals surface area contributed by atoms with Gasteiger partial charge >= 0.3 is 0 Å². The van der Waals surface area contributed by atoms with Gasteiger partial charge in [-0.2, -0.15) is 0 Å². The van der Waals surface area contributed by atoms with E-state index in [1.807, 2.05) is 0 Å². The fraction of sp³-hybridized carbons (Fsp3) is 0.364. The normalized spacial score (nSPS) is 11.2. The summed E-state index contributed by atoms with van der Waals surface area (Å²) in [6.45, 7) is 8.76. The third-order valence-electron chi connectivity index (χ3n) is 4.42. The Hall–Kier alpha value is -1.73. The van der Waals surface area contributed by atoms with Gasteiger partial charge in [-0.3, -0.25) is 9.98 Å². The molecule has 0 spiro atoms. The molecule has 0 amide bonds. The van der Waals surface area contributed by atoms with Gasteiger partial charge in [0.15, 0.2) is 0 Å². The van der Waals surface area contributed by atoms with Gasteiger partial charge in [-0.25, -0.2) is 0 Å². The van der Waals surface area contributed by atoms with E-state index in [2.05, 4.69) is 74.1 Å². The molecule has 2 nitrogen and oxygen atoms in total. The van der Waals surface area contributed by atoms with Gasteiger partial charge in [-0.15, -0.1) is 0 Å². The van der Waals surface area contributed by atoms with Crippen molar-refractivity contribution < 1.29 is 16.5 Å². The van der Waals surface area contributed by atoms with E-state index in [-0.39, 0.29) is 16.5 Å². The predicted molar refractivity (Wildman–Crippen MR) is 107 cm³/mol. The molecule has 0 saturated carbocycles. The minimum absolute atomic E-state index is 0. The molecule has 0 unspecified atom stereocenters. The van der Waals surface area contributed by atoms with E-state index in [1.54, 1.807) is 12.4 Å². The Kier molecular flexibility index (Phi) is 9.38. The van der Waals surface area contributed by atoms with Crippen molar-refractivity contribution in [3.63, 3.8) is 0 Å². The minimum Gasteiger partial charge on any atom is -0.255 e. The van der Waals surface area contributed by atoms with Crippen molar-refractivity contribution in [1.29, 1.82) is 0 Å². The number of aryl methyl sites for hydroxylation is 4. The van der Waals surface area contributed by atoms with Gasteiger partial charge < -0.3 is 0 Å². The Bertz CT molecular complexity index is 669. The molecule has 2 aromatic rings. The molecule has 25 heavy (non-hydrogen) atoms. The van der Waals surface area contributed by atoms with Crippen LogP contribution in [0.3, 0.4) is 0 Å². The molecule has 0 N–H and O–H groups in total. The second kappa shape index (κ2) is 11.0. The van der Waals surface area contributed by atoms with E-state index >= 15 is 0 Å². The summed E-state index contributed by atoms with van der Waals surface area (Å²) in [4.78, 5) is 9.01. The third-order valence-corrected chi connectivity index (χ3v) is 4.42. The molecule has 0 atom stereocenters. The molecule has 0 bridgehead atoms. The van der Waals surface area contributed by atoms with Crippen molar-refractivity contribution in [2.75, 3.05) is 0 Å². The summed E-state index contributed by atoms with van der Waals surface area (Å²) in [6.07, 6.45) is 7.79. The zero-order valence-electron chi connectivity index (χ0n) is 15.7. The van der Waals surface area contributed by atoms with Crippen LogP contribution in [-0.4, -0.2) is 12.4 Å². The number of nitrogens with zero attached hydrogens (tertiary/aromatic N) is 2. The van der Waals surface area contributed by atoms with Crippen molar-refractivity contribution >= 4 is 23.8 Å². The molecule has 0 aliphatic carbocycles. The van der Waals surface area contributed by atoms with Crippen LogP contribution >= 0.6 is 0 Å². The maximum Gasteiger partial charge on any atom is 0.0633 e. The van der Waals surface area contributed by atoms with E-state index in [0.717, 1.165) is 37.1 Å². The summed E-state index contributed by atoms with van der Waals surface area (Å²) >= 11 is 0. The topological polar surface area (TPSA) is 24.7 Å². The molecular formula is C22H28N2Ni. The summed E-state index contributed by atoms with van der Waals surface area (Å²) in [5.74, 6) is 0. The van der Waals surface area contributed by atoms with Gasteiger partial charge in [-0.05, 0) is 72.2 Å². The second-order valence-electron chi connectivity index (χ2n) is 5.88. The van der Waals surface area contributed by atoms with Crippen molar-refractivity contribution in [1.82, 2.24) is 0 Å². The molecule has 0 aliphatic heterocycles. The summed E-state index contributed by atoms with van der Waals surface area (Å²) in [7, 11) is 0. The van der Waals surface area contributed by atoms with Crippen LogP contribution in [0, 0.1) is 0 Å². The number of hydrogen-bond acceptors (Lipinski definition) is 2. The van der Waals surface area contributed by atoms with Crippen LogP contribution in [0.1, 0.15) is 49.9 Å². The third kappa shape index (κ3) is 5.94. The first-order chi connectivity index (χ1) is 11.7. The zero-order chi connectivity index (χ0) is 17.4. The smallest absolute Gasteiger partial charge is 0.0633 e. The van der Waals surface area contributed by atoms with Crippen molar-refractivity contribution in [3.8, 4) is 0 Å². The van der Waals surface area contributed by atoms with E-state index < -0.39 is 0 Å². The van der Waals surface area contributed by atoms with Gasteiger partial charge in [-0.1, -0.05) is 39.8 Å². The number of benzene rings is 2. The molecule has 0 heterocycles. The Morgan fingerprint density at radius 2 is 0.960 bits per heavy atom. The molecule has 0 radical (unpaired) electrons. The van der Waals surface area contributed by atoms with Gasteiger partial charge in [0.1, 0.15) is 0 Å². The molecular weight excluding hydrogens is 351 g/mol. The van der Waals surface area contributed by atoms with Gasteiger partial charge in [0, 0.05) is 28.9 Å². The molecule has 2 rings (SSSR count). The maximum absolute atomic E-state index is 4.51. The van der Waals surface area contributed by atoms with E-state index in [0.29, 0.717) is 0 Å². The Morgan fingerprint density at radius 1 is 0.600 bits per heavy atom. The Labute approximate surface area is 162 Å². The SMILES string of the molecule is CCc1ccc(N=CC=Nc2ccc(CC)c(CC)c2)cc1CC.[Ni]. The van der Waals surface area contributed by atoms with Crippen LogP contribution in [0.4, 0.5) is 11.4 Å². The van der Waals surface area contributed by atoms with Gasteiger partial charge in [0.2, 0.25) is 0 Å².